The van der Waals surface area contributed by atoms with E-state index in [2.05, 4.69) is 60.7 Å². The van der Waals surface area contributed by atoms with Crippen LogP contribution < -0.4 is 0 Å². The van der Waals surface area contributed by atoms with Gasteiger partial charge in [0, 0.05) is 33.4 Å². The van der Waals surface area contributed by atoms with E-state index in [4.69, 9.17) is 24.9 Å². The second-order valence-corrected chi connectivity index (χ2v) is 11.7. The molecule has 8 aromatic rings. The van der Waals surface area contributed by atoms with Gasteiger partial charge in [0.15, 0.2) is 23.3 Å². The molecule has 6 aromatic carbocycles. The highest BCUT2D eigenvalue weighted by molar-refractivity contribution is 5.76. The zero-order valence-corrected chi connectivity index (χ0v) is 26.8. The Morgan fingerprint density at radius 2 is 0.700 bits per heavy atom. The van der Waals surface area contributed by atoms with E-state index < -0.39 is 0 Å². The average molecular weight is 641 g/mol. The van der Waals surface area contributed by atoms with Crippen LogP contribution >= 0.6 is 0 Å². The first kappa shape index (κ1) is 30.2. The lowest BCUT2D eigenvalue weighted by atomic mass is 10.0. The molecule has 0 unspecified atom stereocenters. The minimum atomic E-state index is 0.510. The predicted molar refractivity (Wildman–Crippen MR) is 198 cm³/mol. The lowest BCUT2D eigenvalue weighted by molar-refractivity contribution is 1.07. The molecule has 0 aliphatic heterocycles. The van der Waals surface area contributed by atoms with Gasteiger partial charge < -0.3 is 0 Å². The van der Waals surface area contributed by atoms with Crippen LogP contribution in [0, 0.1) is 11.3 Å². The van der Waals surface area contributed by atoms with Crippen molar-refractivity contribution in [1.29, 1.82) is 5.26 Å². The van der Waals surface area contributed by atoms with Gasteiger partial charge in [-0.3, -0.25) is 0 Å². The Morgan fingerprint density at radius 3 is 1.26 bits per heavy atom. The Morgan fingerprint density at radius 1 is 0.300 bits per heavy atom. The van der Waals surface area contributed by atoms with Crippen LogP contribution in [-0.4, -0.2) is 24.9 Å². The molecule has 0 spiro atoms. The fourth-order valence-electron chi connectivity index (χ4n) is 5.82. The SMILES string of the molecule is N#Cc1cccc(-c2nc(-c3ccccc3)nc(-c3ccc(-c4cccc(-c5nc(-c6ccccc6)cc(-c6ccccc6)n5)c4)cc3)n2)c1. The molecule has 0 atom stereocenters. The number of aromatic nitrogens is 5. The smallest absolute Gasteiger partial charge is 0.164 e. The Hall–Kier alpha value is -7.10. The van der Waals surface area contributed by atoms with E-state index in [-0.39, 0.29) is 0 Å². The fourth-order valence-corrected chi connectivity index (χ4v) is 5.82. The molecule has 8 rings (SSSR count). The van der Waals surface area contributed by atoms with Crippen LogP contribution in [0.5, 0.6) is 0 Å². The molecule has 0 aliphatic carbocycles. The molecule has 6 nitrogen and oxygen atoms in total. The Kier molecular flexibility index (Phi) is 8.20. The molecule has 2 aromatic heterocycles. The summed E-state index contributed by atoms with van der Waals surface area (Å²) in [4.78, 5) is 24.5. The van der Waals surface area contributed by atoms with Gasteiger partial charge in [-0.2, -0.15) is 5.26 Å². The van der Waals surface area contributed by atoms with Gasteiger partial charge in [0.2, 0.25) is 0 Å². The summed E-state index contributed by atoms with van der Waals surface area (Å²) in [6.45, 7) is 0. The molecule has 0 saturated carbocycles. The van der Waals surface area contributed by atoms with Crippen LogP contribution in [0.4, 0.5) is 0 Å². The van der Waals surface area contributed by atoms with Gasteiger partial charge >= 0.3 is 0 Å². The number of benzene rings is 6. The van der Waals surface area contributed by atoms with E-state index in [1.807, 2.05) is 103 Å². The molecule has 6 heteroatoms. The summed E-state index contributed by atoms with van der Waals surface area (Å²) in [5.41, 5.74) is 9.87. The highest BCUT2D eigenvalue weighted by Crippen LogP contribution is 2.31. The first-order chi connectivity index (χ1) is 24.7. The Balaban J connectivity index is 1.16. The van der Waals surface area contributed by atoms with Crippen molar-refractivity contribution in [3.8, 4) is 85.3 Å². The number of hydrogen-bond acceptors (Lipinski definition) is 6. The molecular weight excluding hydrogens is 613 g/mol. The minimum absolute atomic E-state index is 0.510. The quantitative estimate of drug-likeness (QED) is 0.172. The van der Waals surface area contributed by atoms with Crippen LogP contribution in [0.3, 0.4) is 0 Å². The highest BCUT2D eigenvalue weighted by Gasteiger charge is 2.14. The number of nitriles is 1. The third-order valence-corrected chi connectivity index (χ3v) is 8.38. The van der Waals surface area contributed by atoms with E-state index in [0.29, 0.717) is 28.9 Å². The number of hydrogen-bond donors (Lipinski definition) is 0. The Bertz CT molecular complexity index is 2420. The largest absolute Gasteiger partial charge is 0.228 e. The summed E-state index contributed by atoms with van der Waals surface area (Å²) in [5, 5.41) is 9.48. The van der Waals surface area contributed by atoms with E-state index >= 15 is 0 Å². The molecule has 0 amide bonds. The standard InChI is InChI=1S/C44H28N6/c45-29-30-12-10-20-37(26-30)44-49-41(34-17-8-3-9-18-34)48-42(50-44)35-24-22-31(23-25-35)36-19-11-21-38(27-36)43-46-39(32-13-4-1-5-14-32)28-40(47-43)33-15-6-2-7-16-33/h1-28H. The van der Waals surface area contributed by atoms with Gasteiger partial charge in [-0.15, -0.1) is 0 Å². The van der Waals surface area contributed by atoms with Gasteiger partial charge in [-0.05, 0) is 35.4 Å². The molecule has 0 bridgehead atoms. The van der Waals surface area contributed by atoms with Crippen molar-refractivity contribution in [3.05, 3.63) is 175 Å². The third-order valence-electron chi connectivity index (χ3n) is 8.38. The Labute approximate surface area is 290 Å². The van der Waals surface area contributed by atoms with Gasteiger partial charge in [0.05, 0.1) is 23.0 Å². The summed E-state index contributed by atoms with van der Waals surface area (Å²) in [5.74, 6) is 2.29. The van der Waals surface area contributed by atoms with Crippen molar-refractivity contribution in [1.82, 2.24) is 24.9 Å². The molecule has 0 aliphatic rings. The lowest BCUT2D eigenvalue weighted by Crippen LogP contribution is -2.00. The first-order valence-electron chi connectivity index (χ1n) is 16.2. The van der Waals surface area contributed by atoms with E-state index in [1.54, 1.807) is 12.1 Å². The summed E-state index contributed by atoms with van der Waals surface area (Å²) >= 11 is 0. The lowest BCUT2D eigenvalue weighted by Gasteiger charge is -2.11. The van der Waals surface area contributed by atoms with Crippen molar-refractivity contribution < 1.29 is 0 Å². The van der Waals surface area contributed by atoms with Crippen molar-refractivity contribution in [3.63, 3.8) is 0 Å². The van der Waals surface area contributed by atoms with Gasteiger partial charge in [-0.1, -0.05) is 146 Å². The van der Waals surface area contributed by atoms with Gasteiger partial charge in [0.1, 0.15) is 0 Å². The molecule has 234 valence electrons. The summed E-state index contributed by atoms with van der Waals surface area (Å²) in [6.07, 6.45) is 0. The van der Waals surface area contributed by atoms with Crippen LogP contribution in [0.25, 0.3) is 79.2 Å². The molecule has 50 heavy (non-hydrogen) atoms. The van der Waals surface area contributed by atoms with E-state index in [1.165, 1.54) is 0 Å². The van der Waals surface area contributed by atoms with E-state index in [9.17, 15) is 5.26 Å². The van der Waals surface area contributed by atoms with Gasteiger partial charge in [-0.25, -0.2) is 24.9 Å². The zero-order chi connectivity index (χ0) is 33.7. The fraction of sp³-hybridized carbons (Fsp3) is 0. The number of rotatable bonds is 7. The predicted octanol–water partition coefficient (Wildman–Crippen LogP) is 10.2. The normalized spacial score (nSPS) is 10.8. The van der Waals surface area contributed by atoms with Crippen molar-refractivity contribution >= 4 is 0 Å². The highest BCUT2D eigenvalue weighted by atomic mass is 15.0. The molecule has 2 heterocycles. The molecule has 0 saturated heterocycles. The second-order valence-electron chi connectivity index (χ2n) is 11.7. The molecule has 0 radical (unpaired) electrons. The maximum absolute atomic E-state index is 9.48. The van der Waals surface area contributed by atoms with Gasteiger partial charge in [0.25, 0.3) is 0 Å². The average Bonchev–Trinajstić information content (AvgIpc) is 3.21. The maximum Gasteiger partial charge on any atom is 0.164 e. The maximum atomic E-state index is 9.48. The van der Waals surface area contributed by atoms with Crippen LogP contribution in [-0.2, 0) is 0 Å². The zero-order valence-electron chi connectivity index (χ0n) is 26.8. The topological polar surface area (TPSA) is 88.2 Å². The van der Waals surface area contributed by atoms with Crippen LogP contribution in [0.1, 0.15) is 5.56 Å². The van der Waals surface area contributed by atoms with Crippen molar-refractivity contribution in [2.24, 2.45) is 0 Å². The van der Waals surface area contributed by atoms with E-state index in [0.717, 1.165) is 55.9 Å². The molecule has 0 N–H and O–H groups in total. The molecule has 0 fully saturated rings. The number of nitrogens with zero attached hydrogens (tertiary/aromatic N) is 6. The monoisotopic (exact) mass is 640 g/mol. The molecular formula is C44H28N6. The first-order valence-corrected chi connectivity index (χ1v) is 16.2. The van der Waals surface area contributed by atoms with Crippen LogP contribution in [0.15, 0.2) is 170 Å². The summed E-state index contributed by atoms with van der Waals surface area (Å²) in [7, 11) is 0. The minimum Gasteiger partial charge on any atom is -0.228 e. The second kappa shape index (κ2) is 13.6. The summed E-state index contributed by atoms with van der Waals surface area (Å²) < 4.78 is 0. The van der Waals surface area contributed by atoms with Crippen LogP contribution in [0.2, 0.25) is 0 Å². The van der Waals surface area contributed by atoms with Crippen molar-refractivity contribution in [2.45, 2.75) is 0 Å². The summed E-state index contributed by atoms with van der Waals surface area (Å²) in [6, 6.07) is 58.3. The van der Waals surface area contributed by atoms with Crippen molar-refractivity contribution in [2.75, 3.05) is 0 Å². The third kappa shape index (κ3) is 6.40.